The summed E-state index contributed by atoms with van der Waals surface area (Å²) in [5, 5.41) is 12.7. The highest BCUT2D eigenvalue weighted by molar-refractivity contribution is 5.87. The number of hydrogen-bond acceptors (Lipinski definition) is 4. The van der Waals surface area contributed by atoms with Gasteiger partial charge in [-0.3, -0.25) is 0 Å². The first-order valence-electron chi connectivity index (χ1n) is 6.87. The number of rotatable bonds is 7. The monoisotopic (exact) mass is 288 g/mol. The average molecular weight is 288 g/mol. The Hall–Kier alpha value is -2.11. The summed E-state index contributed by atoms with van der Waals surface area (Å²) in [7, 11) is 1.35. The van der Waals surface area contributed by atoms with E-state index >= 15 is 0 Å². The number of aliphatic hydroxyl groups is 1. The van der Waals surface area contributed by atoms with Gasteiger partial charge in [-0.15, -0.1) is 0 Å². The zero-order valence-electron chi connectivity index (χ0n) is 12.0. The van der Waals surface area contributed by atoms with Crippen molar-refractivity contribution in [2.45, 2.75) is 19.0 Å². The van der Waals surface area contributed by atoms with Gasteiger partial charge < -0.3 is 20.1 Å². The number of aliphatic hydroxyl groups excluding tert-OH is 1. The molecule has 1 atom stereocenters. The Morgan fingerprint density at radius 3 is 2.71 bits per heavy atom. The number of methoxy groups -OCH3 is 1. The van der Waals surface area contributed by atoms with Crippen LogP contribution in [0.25, 0.3) is 0 Å². The Balaban J connectivity index is 1.88. The van der Waals surface area contributed by atoms with Crippen LogP contribution < -0.4 is 5.32 Å². The van der Waals surface area contributed by atoms with Crippen molar-refractivity contribution in [3.63, 3.8) is 0 Å². The van der Waals surface area contributed by atoms with E-state index in [2.05, 4.69) is 15.0 Å². The van der Waals surface area contributed by atoms with Crippen LogP contribution in [0.3, 0.4) is 0 Å². The number of aromatic amines is 1. The minimum absolute atomic E-state index is 0.0303. The smallest absolute Gasteiger partial charge is 0.354 e. The molecule has 0 amide bonds. The Morgan fingerprint density at radius 2 is 2.05 bits per heavy atom. The van der Waals surface area contributed by atoms with Crippen LogP contribution in [0.5, 0.6) is 0 Å². The number of H-pyrrole nitrogens is 1. The first kappa shape index (κ1) is 15.3. The zero-order chi connectivity index (χ0) is 15.1. The third kappa shape index (κ3) is 4.44. The molecule has 1 aromatic carbocycles. The SMILES string of the molecule is COC(=O)c1ccc(CN[C@@H](CO)Cc2ccccc2)[nH]1. The van der Waals surface area contributed by atoms with E-state index in [1.807, 2.05) is 36.4 Å². The van der Waals surface area contributed by atoms with Gasteiger partial charge in [-0.1, -0.05) is 30.3 Å². The number of benzene rings is 1. The number of esters is 1. The summed E-state index contributed by atoms with van der Waals surface area (Å²) in [6.45, 7) is 0.606. The van der Waals surface area contributed by atoms with Crippen molar-refractivity contribution in [2.75, 3.05) is 13.7 Å². The second-order valence-corrected chi connectivity index (χ2v) is 4.84. The molecular formula is C16H20N2O3. The Bertz CT molecular complexity index is 566. The molecule has 0 spiro atoms. The number of carbonyl (C=O) groups excluding carboxylic acids is 1. The topological polar surface area (TPSA) is 74.3 Å². The molecule has 0 bridgehead atoms. The fraction of sp³-hybridized carbons (Fsp3) is 0.312. The summed E-state index contributed by atoms with van der Waals surface area (Å²) in [4.78, 5) is 14.3. The van der Waals surface area contributed by atoms with Gasteiger partial charge in [-0.05, 0) is 24.1 Å². The summed E-state index contributed by atoms with van der Waals surface area (Å²) in [5.74, 6) is -0.385. The third-order valence-electron chi connectivity index (χ3n) is 3.28. The number of ether oxygens (including phenoxy) is 1. The van der Waals surface area contributed by atoms with Crippen molar-refractivity contribution in [3.8, 4) is 0 Å². The lowest BCUT2D eigenvalue weighted by molar-refractivity contribution is 0.0594. The van der Waals surface area contributed by atoms with Gasteiger partial charge >= 0.3 is 5.97 Å². The van der Waals surface area contributed by atoms with Crippen LogP contribution in [0, 0.1) is 0 Å². The highest BCUT2D eigenvalue weighted by atomic mass is 16.5. The molecule has 0 radical (unpaired) electrons. The van der Waals surface area contributed by atoms with Gasteiger partial charge in [0, 0.05) is 18.3 Å². The molecule has 0 aliphatic rings. The molecule has 5 heteroatoms. The molecule has 21 heavy (non-hydrogen) atoms. The third-order valence-corrected chi connectivity index (χ3v) is 3.28. The number of carbonyl (C=O) groups is 1. The van der Waals surface area contributed by atoms with E-state index in [4.69, 9.17) is 0 Å². The summed E-state index contributed by atoms with van der Waals surface area (Å²) in [6.07, 6.45) is 0.752. The fourth-order valence-corrected chi connectivity index (χ4v) is 2.13. The van der Waals surface area contributed by atoms with E-state index in [0.29, 0.717) is 12.2 Å². The standard InChI is InChI=1S/C16H20N2O3/c1-21-16(20)15-8-7-13(18-15)10-17-14(11-19)9-12-5-3-2-4-6-12/h2-8,14,17-19H,9-11H2,1H3/t14-/m1/s1. The summed E-state index contributed by atoms with van der Waals surface area (Å²) in [5.41, 5.74) is 2.48. The largest absolute Gasteiger partial charge is 0.464 e. The maximum absolute atomic E-state index is 11.3. The second kappa shape index (κ2) is 7.61. The molecule has 0 unspecified atom stereocenters. The molecule has 0 saturated carbocycles. The van der Waals surface area contributed by atoms with Crippen molar-refractivity contribution >= 4 is 5.97 Å². The van der Waals surface area contributed by atoms with Gasteiger partial charge in [0.05, 0.1) is 13.7 Å². The van der Waals surface area contributed by atoms with Crippen molar-refractivity contribution in [3.05, 3.63) is 59.4 Å². The molecule has 0 aliphatic carbocycles. The maximum atomic E-state index is 11.3. The van der Waals surface area contributed by atoms with E-state index in [1.165, 1.54) is 12.7 Å². The molecule has 3 N–H and O–H groups in total. The number of hydrogen-bond donors (Lipinski definition) is 3. The van der Waals surface area contributed by atoms with Gasteiger partial charge in [-0.2, -0.15) is 0 Å². The van der Waals surface area contributed by atoms with Crippen LogP contribution in [0.15, 0.2) is 42.5 Å². The van der Waals surface area contributed by atoms with Crippen molar-refractivity contribution in [1.29, 1.82) is 0 Å². The van der Waals surface area contributed by atoms with Crippen LogP contribution in [0.4, 0.5) is 0 Å². The molecule has 2 rings (SSSR count). The lowest BCUT2D eigenvalue weighted by Crippen LogP contribution is -2.34. The van der Waals surface area contributed by atoms with Gasteiger partial charge in [0.1, 0.15) is 5.69 Å². The van der Waals surface area contributed by atoms with E-state index in [1.54, 1.807) is 6.07 Å². The van der Waals surface area contributed by atoms with Gasteiger partial charge in [-0.25, -0.2) is 4.79 Å². The normalized spacial score (nSPS) is 12.1. The van der Waals surface area contributed by atoms with Gasteiger partial charge in [0.15, 0.2) is 0 Å². The minimum Gasteiger partial charge on any atom is -0.464 e. The number of aromatic nitrogens is 1. The van der Waals surface area contributed by atoms with Crippen LogP contribution in [-0.4, -0.2) is 35.8 Å². The lowest BCUT2D eigenvalue weighted by atomic mass is 10.1. The van der Waals surface area contributed by atoms with Crippen LogP contribution >= 0.6 is 0 Å². The van der Waals surface area contributed by atoms with Crippen LogP contribution in [0.1, 0.15) is 21.7 Å². The minimum atomic E-state index is -0.385. The molecule has 1 aromatic heterocycles. The molecule has 0 saturated heterocycles. The molecule has 2 aromatic rings. The zero-order valence-corrected chi connectivity index (χ0v) is 12.0. The highest BCUT2D eigenvalue weighted by Crippen LogP contribution is 2.06. The first-order valence-corrected chi connectivity index (χ1v) is 6.87. The van der Waals surface area contributed by atoms with E-state index < -0.39 is 0 Å². The lowest BCUT2D eigenvalue weighted by Gasteiger charge is -2.15. The average Bonchev–Trinajstić information content (AvgIpc) is 3.00. The molecular weight excluding hydrogens is 268 g/mol. The highest BCUT2D eigenvalue weighted by Gasteiger charge is 2.11. The Kier molecular flexibility index (Phi) is 5.54. The van der Waals surface area contributed by atoms with E-state index in [0.717, 1.165) is 12.1 Å². The van der Waals surface area contributed by atoms with Crippen molar-refractivity contribution in [2.24, 2.45) is 0 Å². The molecule has 5 nitrogen and oxygen atoms in total. The number of nitrogens with one attached hydrogen (secondary N) is 2. The maximum Gasteiger partial charge on any atom is 0.354 e. The van der Waals surface area contributed by atoms with Crippen molar-refractivity contribution in [1.82, 2.24) is 10.3 Å². The predicted octanol–water partition coefficient (Wildman–Crippen LogP) is 1.49. The van der Waals surface area contributed by atoms with Crippen LogP contribution in [0.2, 0.25) is 0 Å². The summed E-state index contributed by atoms with van der Waals surface area (Å²) in [6, 6.07) is 13.5. The molecule has 1 heterocycles. The summed E-state index contributed by atoms with van der Waals surface area (Å²) < 4.78 is 4.64. The molecule has 0 fully saturated rings. The Morgan fingerprint density at radius 1 is 1.29 bits per heavy atom. The van der Waals surface area contributed by atoms with Gasteiger partial charge in [0.2, 0.25) is 0 Å². The molecule has 0 aliphatic heterocycles. The second-order valence-electron chi connectivity index (χ2n) is 4.84. The van der Waals surface area contributed by atoms with Crippen molar-refractivity contribution < 1.29 is 14.6 Å². The Labute approximate surface area is 124 Å². The van der Waals surface area contributed by atoms with E-state index in [9.17, 15) is 9.90 Å². The fourth-order valence-electron chi connectivity index (χ4n) is 2.13. The molecule has 112 valence electrons. The van der Waals surface area contributed by atoms with E-state index in [-0.39, 0.29) is 18.6 Å². The quantitative estimate of drug-likeness (QED) is 0.675. The predicted molar refractivity (Wildman–Crippen MR) is 80.0 cm³/mol. The summed E-state index contributed by atoms with van der Waals surface area (Å²) >= 11 is 0. The first-order chi connectivity index (χ1) is 10.2. The van der Waals surface area contributed by atoms with Crippen LogP contribution in [-0.2, 0) is 17.7 Å². The van der Waals surface area contributed by atoms with Gasteiger partial charge in [0.25, 0.3) is 0 Å².